The lowest BCUT2D eigenvalue weighted by Gasteiger charge is -2.42. The first-order valence-electron chi connectivity index (χ1n) is 6.15. The summed E-state index contributed by atoms with van der Waals surface area (Å²) < 4.78 is 0. The van der Waals surface area contributed by atoms with E-state index in [0.29, 0.717) is 5.54 Å². The number of hydrogen-bond acceptors (Lipinski definition) is 2. The van der Waals surface area contributed by atoms with Gasteiger partial charge in [0.15, 0.2) is 0 Å². The molecule has 0 aliphatic rings. The van der Waals surface area contributed by atoms with E-state index in [4.69, 9.17) is 5.73 Å². The van der Waals surface area contributed by atoms with Crippen molar-refractivity contribution in [3.8, 4) is 0 Å². The molecule has 86 valence electrons. The topological polar surface area (TPSA) is 29.3 Å². The van der Waals surface area contributed by atoms with Gasteiger partial charge in [-0.25, -0.2) is 0 Å². The molecule has 0 aliphatic heterocycles. The Labute approximate surface area is 89.9 Å². The number of nitrogens with zero attached hydrogens (tertiary/aromatic N) is 1. The second-order valence-electron chi connectivity index (χ2n) is 4.00. The van der Waals surface area contributed by atoms with Gasteiger partial charge in [0.25, 0.3) is 0 Å². The SMILES string of the molecule is CCN(CC)C(CC)(CC)CCCN. The molecule has 0 saturated carbocycles. The van der Waals surface area contributed by atoms with Gasteiger partial charge in [0, 0.05) is 5.54 Å². The third-order valence-electron chi connectivity index (χ3n) is 3.60. The second-order valence-corrected chi connectivity index (χ2v) is 4.00. The second kappa shape index (κ2) is 7.24. The first kappa shape index (κ1) is 13.9. The van der Waals surface area contributed by atoms with E-state index in [1.54, 1.807) is 0 Å². The summed E-state index contributed by atoms with van der Waals surface area (Å²) in [6, 6.07) is 0. The van der Waals surface area contributed by atoms with Crippen molar-refractivity contribution in [3.05, 3.63) is 0 Å². The van der Waals surface area contributed by atoms with Crippen LogP contribution in [0, 0.1) is 0 Å². The van der Waals surface area contributed by atoms with Crippen LogP contribution in [-0.2, 0) is 0 Å². The van der Waals surface area contributed by atoms with Gasteiger partial charge in [-0.15, -0.1) is 0 Å². The zero-order chi connectivity index (χ0) is 11.0. The molecule has 14 heavy (non-hydrogen) atoms. The molecular formula is C12H28N2. The molecular weight excluding hydrogens is 172 g/mol. The standard InChI is InChI=1S/C12H28N2/c1-5-12(6-2,10-9-11-13)14(7-3)8-4/h5-11,13H2,1-4H3. The zero-order valence-electron chi connectivity index (χ0n) is 10.5. The van der Waals surface area contributed by atoms with Gasteiger partial charge in [-0.2, -0.15) is 0 Å². The van der Waals surface area contributed by atoms with E-state index in [9.17, 15) is 0 Å². The van der Waals surface area contributed by atoms with Crippen LogP contribution < -0.4 is 5.73 Å². The molecule has 0 fully saturated rings. The normalized spacial score (nSPS) is 12.4. The summed E-state index contributed by atoms with van der Waals surface area (Å²) in [7, 11) is 0. The average molecular weight is 200 g/mol. The van der Waals surface area contributed by atoms with Crippen LogP contribution in [0.5, 0.6) is 0 Å². The summed E-state index contributed by atoms with van der Waals surface area (Å²) in [5.41, 5.74) is 6.02. The van der Waals surface area contributed by atoms with Gasteiger partial charge in [0.05, 0.1) is 0 Å². The van der Waals surface area contributed by atoms with Crippen molar-refractivity contribution in [2.24, 2.45) is 5.73 Å². The first-order valence-corrected chi connectivity index (χ1v) is 6.15. The molecule has 0 spiro atoms. The van der Waals surface area contributed by atoms with Gasteiger partial charge in [-0.05, 0) is 45.3 Å². The summed E-state index contributed by atoms with van der Waals surface area (Å²) in [6.07, 6.45) is 4.88. The minimum absolute atomic E-state index is 0.406. The van der Waals surface area contributed by atoms with Crippen LogP contribution in [0.4, 0.5) is 0 Å². The fourth-order valence-electron chi connectivity index (χ4n) is 2.53. The molecule has 0 rings (SSSR count). The molecule has 2 heteroatoms. The van der Waals surface area contributed by atoms with Crippen LogP contribution in [0.15, 0.2) is 0 Å². The van der Waals surface area contributed by atoms with Crippen molar-refractivity contribution in [1.82, 2.24) is 4.90 Å². The maximum absolute atomic E-state index is 5.61. The third-order valence-corrected chi connectivity index (χ3v) is 3.60. The van der Waals surface area contributed by atoms with Crippen LogP contribution in [-0.4, -0.2) is 30.1 Å². The van der Waals surface area contributed by atoms with Gasteiger partial charge in [0.2, 0.25) is 0 Å². The summed E-state index contributed by atoms with van der Waals surface area (Å²) in [4.78, 5) is 2.60. The lowest BCUT2D eigenvalue weighted by molar-refractivity contribution is 0.0788. The molecule has 0 aromatic heterocycles. The van der Waals surface area contributed by atoms with E-state index in [-0.39, 0.29) is 0 Å². The Balaban J connectivity index is 4.47. The van der Waals surface area contributed by atoms with Gasteiger partial charge < -0.3 is 5.73 Å². The Morgan fingerprint density at radius 3 is 1.79 bits per heavy atom. The largest absolute Gasteiger partial charge is 0.330 e. The molecule has 0 amide bonds. The van der Waals surface area contributed by atoms with E-state index >= 15 is 0 Å². The van der Waals surface area contributed by atoms with Crippen LogP contribution in [0.2, 0.25) is 0 Å². The van der Waals surface area contributed by atoms with Gasteiger partial charge >= 0.3 is 0 Å². The maximum atomic E-state index is 5.61. The lowest BCUT2D eigenvalue weighted by Crippen LogP contribution is -2.48. The highest BCUT2D eigenvalue weighted by atomic mass is 15.2. The number of nitrogens with two attached hydrogens (primary N) is 1. The van der Waals surface area contributed by atoms with Crippen molar-refractivity contribution < 1.29 is 0 Å². The Bertz CT molecular complexity index is 126. The van der Waals surface area contributed by atoms with E-state index in [0.717, 1.165) is 26.1 Å². The molecule has 0 heterocycles. The van der Waals surface area contributed by atoms with Crippen molar-refractivity contribution in [2.45, 2.75) is 58.9 Å². The maximum Gasteiger partial charge on any atom is 0.0204 e. The fraction of sp³-hybridized carbons (Fsp3) is 1.00. The molecule has 0 radical (unpaired) electrons. The molecule has 0 bridgehead atoms. The van der Waals surface area contributed by atoms with Gasteiger partial charge in [-0.1, -0.05) is 27.7 Å². The van der Waals surface area contributed by atoms with Gasteiger partial charge in [-0.3, -0.25) is 4.90 Å². The Hall–Kier alpha value is -0.0800. The summed E-state index contributed by atoms with van der Waals surface area (Å²) in [6.45, 7) is 12.3. The average Bonchev–Trinajstić information content (AvgIpc) is 2.24. The smallest absolute Gasteiger partial charge is 0.0204 e. The Morgan fingerprint density at radius 2 is 1.50 bits per heavy atom. The molecule has 2 N–H and O–H groups in total. The van der Waals surface area contributed by atoms with E-state index < -0.39 is 0 Å². The highest BCUT2D eigenvalue weighted by Gasteiger charge is 2.30. The van der Waals surface area contributed by atoms with Crippen LogP contribution >= 0.6 is 0 Å². The molecule has 0 unspecified atom stereocenters. The van der Waals surface area contributed by atoms with Crippen molar-refractivity contribution in [2.75, 3.05) is 19.6 Å². The molecule has 0 atom stereocenters. The van der Waals surface area contributed by atoms with E-state index in [1.807, 2.05) is 0 Å². The summed E-state index contributed by atoms with van der Waals surface area (Å²) in [5, 5.41) is 0. The minimum Gasteiger partial charge on any atom is -0.330 e. The van der Waals surface area contributed by atoms with Crippen LogP contribution in [0.1, 0.15) is 53.4 Å². The predicted octanol–water partition coefficient (Wildman–Crippen LogP) is 2.63. The lowest BCUT2D eigenvalue weighted by atomic mass is 9.85. The summed E-state index contributed by atoms with van der Waals surface area (Å²) in [5.74, 6) is 0. The number of hydrogen-bond donors (Lipinski definition) is 1. The predicted molar refractivity (Wildman–Crippen MR) is 64.5 cm³/mol. The van der Waals surface area contributed by atoms with Crippen LogP contribution in [0.3, 0.4) is 0 Å². The molecule has 2 nitrogen and oxygen atoms in total. The zero-order valence-corrected chi connectivity index (χ0v) is 10.5. The Morgan fingerprint density at radius 1 is 1.00 bits per heavy atom. The van der Waals surface area contributed by atoms with Gasteiger partial charge in [0.1, 0.15) is 0 Å². The molecule has 0 aromatic carbocycles. The van der Waals surface area contributed by atoms with Crippen molar-refractivity contribution in [1.29, 1.82) is 0 Å². The minimum atomic E-state index is 0.406. The highest BCUT2D eigenvalue weighted by Crippen LogP contribution is 2.28. The van der Waals surface area contributed by atoms with E-state index in [1.165, 1.54) is 19.3 Å². The van der Waals surface area contributed by atoms with Crippen molar-refractivity contribution in [3.63, 3.8) is 0 Å². The number of rotatable bonds is 8. The first-order chi connectivity index (χ1) is 6.70. The third kappa shape index (κ3) is 3.25. The quantitative estimate of drug-likeness (QED) is 0.652. The monoisotopic (exact) mass is 200 g/mol. The highest BCUT2D eigenvalue weighted by molar-refractivity contribution is 4.87. The summed E-state index contributed by atoms with van der Waals surface area (Å²) >= 11 is 0. The molecule has 0 saturated heterocycles. The Kier molecular flexibility index (Phi) is 7.20. The fourth-order valence-corrected chi connectivity index (χ4v) is 2.53. The van der Waals surface area contributed by atoms with E-state index in [2.05, 4.69) is 32.6 Å². The van der Waals surface area contributed by atoms with Crippen molar-refractivity contribution >= 4 is 0 Å². The molecule has 0 aromatic rings. The molecule has 0 aliphatic carbocycles. The van der Waals surface area contributed by atoms with Crippen LogP contribution in [0.25, 0.3) is 0 Å².